The van der Waals surface area contributed by atoms with Crippen LogP contribution in [0.25, 0.3) is 0 Å². The Morgan fingerprint density at radius 2 is 2.42 bits per heavy atom. The lowest BCUT2D eigenvalue weighted by atomic mass is 10.1. The van der Waals surface area contributed by atoms with Crippen LogP contribution in [0.1, 0.15) is 12.0 Å². The fourth-order valence-electron chi connectivity index (χ4n) is 2.08. The van der Waals surface area contributed by atoms with Crippen LogP contribution >= 0.6 is 0 Å². The summed E-state index contributed by atoms with van der Waals surface area (Å²) in [5.74, 6) is 5.76. The quantitative estimate of drug-likeness (QED) is 0.459. The van der Waals surface area contributed by atoms with E-state index in [1.54, 1.807) is 12.1 Å². The molecule has 1 heterocycles. The van der Waals surface area contributed by atoms with Crippen LogP contribution in [-0.4, -0.2) is 24.7 Å². The van der Waals surface area contributed by atoms with Gasteiger partial charge in [0.25, 0.3) is 5.69 Å². The van der Waals surface area contributed by atoms with Gasteiger partial charge in [-0.1, -0.05) is 12.1 Å². The number of hydrazine groups is 1. The van der Waals surface area contributed by atoms with Gasteiger partial charge < -0.3 is 14.9 Å². The third-order valence-electron chi connectivity index (χ3n) is 3.10. The van der Waals surface area contributed by atoms with Crippen LogP contribution in [0.3, 0.4) is 0 Å². The molecule has 1 aliphatic heterocycles. The van der Waals surface area contributed by atoms with Gasteiger partial charge in [-0.2, -0.15) is 0 Å². The third kappa shape index (κ3) is 3.40. The number of nitro benzene ring substituents is 1. The summed E-state index contributed by atoms with van der Waals surface area (Å²) in [5.41, 5.74) is 3.31. The highest BCUT2D eigenvalue weighted by Gasteiger charge is 2.18. The second-order valence-corrected chi connectivity index (χ2v) is 4.46. The van der Waals surface area contributed by atoms with Gasteiger partial charge in [0.05, 0.1) is 24.7 Å². The van der Waals surface area contributed by atoms with E-state index in [0.717, 1.165) is 19.6 Å². The molecule has 7 heteroatoms. The first-order chi connectivity index (χ1) is 9.22. The first-order valence-corrected chi connectivity index (χ1v) is 6.10. The number of hydrogen-bond donors (Lipinski definition) is 2. The minimum absolute atomic E-state index is 0.0483. The lowest BCUT2D eigenvalue weighted by Gasteiger charge is -2.12. The Balaban J connectivity index is 1.98. The average Bonchev–Trinajstić information content (AvgIpc) is 2.91. The zero-order valence-corrected chi connectivity index (χ0v) is 10.5. The molecule has 1 fully saturated rings. The van der Waals surface area contributed by atoms with E-state index in [-0.39, 0.29) is 12.3 Å². The van der Waals surface area contributed by atoms with Crippen LogP contribution in [0.4, 0.5) is 11.4 Å². The number of rotatable bonds is 6. The van der Waals surface area contributed by atoms with Crippen LogP contribution in [0, 0.1) is 16.0 Å². The Labute approximate surface area is 110 Å². The van der Waals surface area contributed by atoms with E-state index in [0.29, 0.717) is 23.8 Å². The number of hydrogen-bond acceptors (Lipinski definition) is 6. The summed E-state index contributed by atoms with van der Waals surface area (Å²) in [7, 11) is 0. The molecule has 1 saturated heterocycles. The van der Waals surface area contributed by atoms with E-state index in [9.17, 15) is 10.1 Å². The van der Waals surface area contributed by atoms with Gasteiger partial charge in [-0.15, -0.1) is 0 Å². The molecule has 104 valence electrons. The average molecular weight is 267 g/mol. The summed E-state index contributed by atoms with van der Waals surface area (Å²) in [6.07, 6.45) is 0.997. The van der Waals surface area contributed by atoms with Crippen molar-refractivity contribution in [3.05, 3.63) is 33.9 Å². The summed E-state index contributed by atoms with van der Waals surface area (Å²) < 4.78 is 10.8. The van der Waals surface area contributed by atoms with Crippen molar-refractivity contribution in [3.63, 3.8) is 0 Å². The van der Waals surface area contributed by atoms with Crippen molar-refractivity contribution in [1.82, 2.24) is 0 Å². The molecular weight excluding hydrogens is 250 g/mol. The number of nitrogens with zero attached hydrogens (tertiary/aromatic N) is 1. The molecule has 7 nitrogen and oxygen atoms in total. The minimum Gasteiger partial charge on any atom is -0.381 e. The van der Waals surface area contributed by atoms with Crippen LogP contribution < -0.4 is 11.3 Å². The van der Waals surface area contributed by atoms with E-state index in [2.05, 4.69) is 5.43 Å². The molecule has 0 spiro atoms. The molecule has 1 atom stereocenters. The highest BCUT2D eigenvalue weighted by Crippen LogP contribution is 2.28. The molecule has 1 aromatic rings. The minimum atomic E-state index is -0.469. The predicted octanol–water partition coefficient (Wildman–Crippen LogP) is 1.43. The molecule has 0 radical (unpaired) electrons. The lowest BCUT2D eigenvalue weighted by Crippen LogP contribution is -2.13. The zero-order chi connectivity index (χ0) is 13.7. The summed E-state index contributed by atoms with van der Waals surface area (Å²) in [6, 6.07) is 4.78. The number of para-hydroxylation sites is 1. The van der Waals surface area contributed by atoms with Crippen molar-refractivity contribution in [3.8, 4) is 0 Å². The normalized spacial score (nSPS) is 18.5. The molecule has 0 amide bonds. The van der Waals surface area contributed by atoms with E-state index in [1.807, 2.05) is 0 Å². The molecule has 1 aliphatic rings. The first kappa shape index (κ1) is 13.7. The number of ether oxygens (including phenoxy) is 2. The van der Waals surface area contributed by atoms with E-state index in [4.69, 9.17) is 15.3 Å². The predicted molar refractivity (Wildman–Crippen MR) is 69.5 cm³/mol. The van der Waals surface area contributed by atoms with Crippen molar-refractivity contribution < 1.29 is 14.4 Å². The fraction of sp³-hybridized carbons (Fsp3) is 0.500. The van der Waals surface area contributed by atoms with E-state index in [1.165, 1.54) is 6.07 Å². The number of anilines is 1. The third-order valence-corrected chi connectivity index (χ3v) is 3.10. The number of benzene rings is 1. The zero-order valence-electron chi connectivity index (χ0n) is 10.5. The molecule has 1 unspecified atom stereocenters. The Morgan fingerprint density at radius 3 is 3.05 bits per heavy atom. The maximum atomic E-state index is 10.9. The van der Waals surface area contributed by atoms with Gasteiger partial charge in [0.1, 0.15) is 5.69 Å². The van der Waals surface area contributed by atoms with Gasteiger partial charge in [0.2, 0.25) is 0 Å². The van der Waals surface area contributed by atoms with Crippen LogP contribution in [-0.2, 0) is 16.1 Å². The van der Waals surface area contributed by atoms with Gasteiger partial charge in [-0.05, 0) is 6.42 Å². The van der Waals surface area contributed by atoms with Gasteiger partial charge in [-0.25, -0.2) is 0 Å². The summed E-state index contributed by atoms with van der Waals surface area (Å²) in [6.45, 7) is 2.38. The number of nitrogens with two attached hydrogens (primary N) is 1. The Hall–Kier alpha value is -1.70. The number of nitro groups is 1. The standard InChI is InChI=1S/C12H17N3O4/c13-14-12-10(2-1-3-11(12)15(16)17)8-19-7-9-4-5-18-6-9/h1-3,9,14H,4-8,13H2. The molecule has 0 bridgehead atoms. The Morgan fingerprint density at radius 1 is 1.58 bits per heavy atom. The largest absolute Gasteiger partial charge is 0.381 e. The smallest absolute Gasteiger partial charge is 0.294 e. The highest BCUT2D eigenvalue weighted by molar-refractivity contribution is 5.65. The topological polar surface area (TPSA) is 99.7 Å². The molecule has 1 aromatic carbocycles. The molecule has 0 aliphatic carbocycles. The van der Waals surface area contributed by atoms with Gasteiger partial charge >= 0.3 is 0 Å². The summed E-state index contributed by atoms with van der Waals surface area (Å²) in [4.78, 5) is 10.4. The second-order valence-electron chi connectivity index (χ2n) is 4.46. The van der Waals surface area contributed by atoms with Crippen molar-refractivity contribution in [1.29, 1.82) is 0 Å². The van der Waals surface area contributed by atoms with Crippen LogP contribution in [0.15, 0.2) is 18.2 Å². The molecule has 3 N–H and O–H groups in total. The monoisotopic (exact) mass is 267 g/mol. The first-order valence-electron chi connectivity index (χ1n) is 6.10. The van der Waals surface area contributed by atoms with Gasteiger partial charge in [0.15, 0.2) is 0 Å². The molecule has 2 rings (SSSR count). The summed E-state index contributed by atoms with van der Waals surface area (Å²) in [5, 5.41) is 10.9. The SMILES string of the molecule is NNc1c(COCC2CCOC2)cccc1[N+](=O)[O-]. The number of nitrogens with one attached hydrogen (secondary N) is 1. The van der Waals surface area contributed by atoms with Gasteiger partial charge in [-0.3, -0.25) is 16.0 Å². The van der Waals surface area contributed by atoms with Gasteiger partial charge in [0, 0.05) is 24.2 Å². The van der Waals surface area contributed by atoms with E-state index < -0.39 is 4.92 Å². The highest BCUT2D eigenvalue weighted by atomic mass is 16.6. The molecule has 0 saturated carbocycles. The fourth-order valence-corrected chi connectivity index (χ4v) is 2.08. The number of nitrogen functional groups attached to an aromatic ring is 1. The molecular formula is C12H17N3O4. The van der Waals surface area contributed by atoms with Crippen molar-refractivity contribution in [2.45, 2.75) is 13.0 Å². The van der Waals surface area contributed by atoms with Crippen LogP contribution in [0.5, 0.6) is 0 Å². The van der Waals surface area contributed by atoms with Crippen molar-refractivity contribution in [2.24, 2.45) is 11.8 Å². The molecule has 0 aromatic heterocycles. The van der Waals surface area contributed by atoms with Crippen molar-refractivity contribution >= 4 is 11.4 Å². The lowest BCUT2D eigenvalue weighted by molar-refractivity contribution is -0.384. The maximum absolute atomic E-state index is 10.9. The second kappa shape index (κ2) is 6.46. The van der Waals surface area contributed by atoms with E-state index >= 15 is 0 Å². The van der Waals surface area contributed by atoms with Crippen LogP contribution in [0.2, 0.25) is 0 Å². The molecule has 19 heavy (non-hydrogen) atoms. The maximum Gasteiger partial charge on any atom is 0.294 e. The van der Waals surface area contributed by atoms with Crippen molar-refractivity contribution in [2.75, 3.05) is 25.2 Å². The summed E-state index contributed by atoms with van der Waals surface area (Å²) >= 11 is 0. The Kier molecular flexibility index (Phi) is 4.67. The Bertz CT molecular complexity index is 447.